The summed E-state index contributed by atoms with van der Waals surface area (Å²) < 4.78 is 5.91. The van der Waals surface area contributed by atoms with Gasteiger partial charge in [-0.2, -0.15) is 0 Å². The number of phenols is 1. The summed E-state index contributed by atoms with van der Waals surface area (Å²) in [7, 11) is 0. The van der Waals surface area contributed by atoms with Crippen LogP contribution in [0.5, 0.6) is 11.5 Å². The fourth-order valence-corrected chi connectivity index (χ4v) is 4.91. The Bertz CT molecular complexity index is 1100. The van der Waals surface area contributed by atoms with Gasteiger partial charge in [-0.25, -0.2) is 0 Å². The van der Waals surface area contributed by atoms with Gasteiger partial charge in [0.1, 0.15) is 24.2 Å². The molecular formula is C30H33NO3. The molecule has 34 heavy (non-hydrogen) atoms. The second-order valence-corrected chi connectivity index (χ2v) is 9.47. The molecule has 3 aromatic rings. The lowest BCUT2D eigenvalue weighted by atomic mass is 9.87. The molecule has 1 aliphatic heterocycles. The first-order valence-electron chi connectivity index (χ1n) is 12.4. The molecule has 0 bridgehead atoms. The number of β-amino-alcohol motifs (C(OH)–C–C–N with tert-alkyl or cyclic N) is 1. The summed E-state index contributed by atoms with van der Waals surface area (Å²) in [5, 5.41) is 20.2. The van der Waals surface area contributed by atoms with Gasteiger partial charge in [0.25, 0.3) is 0 Å². The van der Waals surface area contributed by atoms with Crippen LogP contribution in [0.3, 0.4) is 0 Å². The van der Waals surface area contributed by atoms with E-state index in [0.717, 1.165) is 30.0 Å². The number of hydrogen-bond acceptors (Lipinski definition) is 4. The van der Waals surface area contributed by atoms with Crippen molar-refractivity contribution in [1.29, 1.82) is 0 Å². The Morgan fingerprint density at radius 1 is 0.824 bits per heavy atom. The molecule has 1 unspecified atom stereocenters. The van der Waals surface area contributed by atoms with Crippen LogP contribution in [0.25, 0.3) is 11.1 Å². The largest absolute Gasteiger partial charge is 0.508 e. The highest BCUT2D eigenvalue weighted by Crippen LogP contribution is 2.47. The van der Waals surface area contributed by atoms with Gasteiger partial charge in [0, 0.05) is 6.54 Å². The van der Waals surface area contributed by atoms with Crippen LogP contribution in [-0.2, 0) is 0 Å². The second kappa shape index (κ2) is 10.5. The number of aliphatic hydroxyl groups is 1. The molecule has 5 rings (SSSR count). The summed E-state index contributed by atoms with van der Waals surface area (Å²) >= 11 is 0. The number of benzene rings is 3. The third-order valence-electron chi connectivity index (χ3n) is 6.75. The van der Waals surface area contributed by atoms with E-state index in [4.69, 9.17) is 4.74 Å². The molecule has 1 aliphatic carbocycles. The minimum atomic E-state index is -0.482. The average Bonchev–Trinajstić information content (AvgIpc) is 3.58. The van der Waals surface area contributed by atoms with Crippen molar-refractivity contribution in [2.75, 3.05) is 26.2 Å². The summed E-state index contributed by atoms with van der Waals surface area (Å²) in [6.07, 6.45) is 4.35. The van der Waals surface area contributed by atoms with E-state index < -0.39 is 6.10 Å². The summed E-state index contributed by atoms with van der Waals surface area (Å²) in [6, 6.07) is 26.3. The lowest BCUT2D eigenvalue weighted by Gasteiger charge is -2.20. The highest BCUT2D eigenvalue weighted by atomic mass is 16.5. The van der Waals surface area contributed by atoms with Crippen LogP contribution < -0.4 is 4.74 Å². The molecule has 0 radical (unpaired) electrons. The SMILES string of the molecule is Oc1ccc(C(=C(c2ccccc2)C2CC2)c2ccc(OCC(O)CN3CCCC3)cc2)cc1. The molecule has 176 valence electrons. The molecule has 2 aliphatic rings. The maximum absolute atomic E-state index is 10.4. The standard InChI is InChI=1S/C30H33NO3/c32-26-14-10-24(11-15-26)30(29(23-8-9-23)22-6-2-1-3-7-22)25-12-16-28(17-13-25)34-21-27(33)20-31-18-4-5-19-31/h1-3,6-7,10-17,23,27,32-33H,4-5,8-9,18-21H2. The predicted octanol–water partition coefficient (Wildman–Crippen LogP) is 5.60. The van der Waals surface area contributed by atoms with Gasteiger partial charge < -0.3 is 19.8 Å². The summed E-state index contributed by atoms with van der Waals surface area (Å²) in [6.45, 7) is 3.12. The van der Waals surface area contributed by atoms with Gasteiger partial charge in [0.15, 0.2) is 0 Å². The van der Waals surface area contributed by atoms with Crippen molar-refractivity contribution >= 4 is 11.1 Å². The average molecular weight is 456 g/mol. The van der Waals surface area contributed by atoms with E-state index in [9.17, 15) is 10.2 Å². The van der Waals surface area contributed by atoms with Gasteiger partial charge in [-0.15, -0.1) is 0 Å². The molecule has 3 aromatic carbocycles. The molecular weight excluding hydrogens is 422 g/mol. The van der Waals surface area contributed by atoms with Crippen LogP contribution in [0.2, 0.25) is 0 Å². The number of aromatic hydroxyl groups is 1. The maximum Gasteiger partial charge on any atom is 0.119 e. The third-order valence-corrected chi connectivity index (χ3v) is 6.75. The number of allylic oxidation sites excluding steroid dienone is 1. The van der Waals surface area contributed by atoms with Crippen LogP contribution in [0, 0.1) is 5.92 Å². The first kappa shape index (κ1) is 22.7. The number of likely N-dealkylation sites (tertiary alicyclic amines) is 1. The van der Waals surface area contributed by atoms with Crippen molar-refractivity contribution in [3.8, 4) is 11.5 Å². The van der Waals surface area contributed by atoms with Gasteiger partial charge >= 0.3 is 0 Å². The molecule has 4 nitrogen and oxygen atoms in total. The number of ether oxygens (including phenoxy) is 1. The van der Waals surface area contributed by atoms with E-state index >= 15 is 0 Å². The second-order valence-electron chi connectivity index (χ2n) is 9.47. The molecule has 2 N–H and O–H groups in total. The molecule has 2 fully saturated rings. The fourth-order valence-electron chi connectivity index (χ4n) is 4.91. The Balaban J connectivity index is 1.41. The van der Waals surface area contributed by atoms with Crippen molar-refractivity contribution in [3.05, 3.63) is 95.6 Å². The number of phenolic OH excluding ortho intramolecular Hbond substituents is 1. The lowest BCUT2D eigenvalue weighted by molar-refractivity contribution is 0.0758. The molecule has 1 heterocycles. The first-order chi connectivity index (χ1) is 16.7. The van der Waals surface area contributed by atoms with E-state index in [-0.39, 0.29) is 5.75 Å². The minimum absolute atomic E-state index is 0.270. The van der Waals surface area contributed by atoms with E-state index in [0.29, 0.717) is 19.1 Å². The van der Waals surface area contributed by atoms with Crippen molar-refractivity contribution in [3.63, 3.8) is 0 Å². The molecule has 4 heteroatoms. The maximum atomic E-state index is 10.4. The third kappa shape index (κ3) is 5.52. The van der Waals surface area contributed by atoms with Crippen molar-refractivity contribution in [2.45, 2.75) is 31.8 Å². The van der Waals surface area contributed by atoms with E-state index in [1.165, 1.54) is 42.4 Å². The predicted molar refractivity (Wildman–Crippen MR) is 137 cm³/mol. The smallest absolute Gasteiger partial charge is 0.119 e. The number of aliphatic hydroxyl groups excluding tert-OH is 1. The van der Waals surface area contributed by atoms with Gasteiger partial charge in [0.2, 0.25) is 0 Å². The summed E-state index contributed by atoms with van der Waals surface area (Å²) in [5.41, 5.74) is 6.04. The van der Waals surface area contributed by atoms with Crippen LogP contribution in [-0.4, -0.2) is 47.5 Å². The number of rotatable bonds is 9. The highest BCUT2D eigenvalue weighted by Gasteiger charge is 2.30. The Hall–Kier alpha value is -3.08. The minimum Gasteiger partial charge on any atom is -0.508 e. The van der Waals surface area contributed by atoms with Gasteiger partial charge in [-0.3, -0.25) is 0 Å². The zero-order valence-corrected chi connectivity index (χ0v) is 19.6. The summed E-state index contributed by atoms with van der Waals surface area (Å²) in [5.74, 6) is 1.58. The topological polar surface area (TPSA) is 52.9 Å². The summed E-state index contributed by atoms with van der Waals surface area (Å²) in [4.78, 5) is 2.30. The molecule has 1 saturated heterocycles. The molecule has 1 atom stereocenters. The zero-order chi connectivity index (χ0) is 23.3. The van der Waals surface area contributed by atoms with E-state index in [2.05, 4.69) is 47.4 Å². The molecule has 0 spiro atoms. The molecule has 0 aromatic heterocycles. The fraction of sp³-hybridized carbons (Fsp3) is 0.333. The van der Waals surface area contributed by atoms with Gasteiger partial charge in [-0.05, 0) is 96.8 Å². The Labute approximate surface area is 202 Å². The van der Waals surface area contributed by atoms with Crippen molar-refractivity contribution < 1.29 is 14.9 Å². The lowest BCUT2D eigenvalue weighted by Crippen LogP contribution is -2.33. The van der Waals surface area contributed by atoms with E-state index in [1.54, 1.807) is 12.1 Å². The zero-order valence-electron chi connectivity index (χ0n) is 19.6. The van der Waals surface area contributed by atoms with Gasteiger partial charge in [0.05, 0.1) is 0 Å². The van der Waals surface area contributed by atoms with Crippen LogP contribution in [0.15, 0.2) is 78.9 Å². The van der Waals surface area contributed by atoms with E-state index in [1.807, 2.05) is 24.3 Å². The van der Waals surface area contributed by atoms with Crippen LogP contribution in [0.1, 0.15) is 42.4 Å². The number of nitrogens with zero attached hydrogens (tertiary/aromatic N) is 1. The van der Waals surface area contributed by atoms with Gasteiger partial charge in [-0.1, -0.05) is 54.6 Å². The molecule has 1 saturated carbocycles. The Kier molecular flexibility index (Phi) is 6.98. The number of hydrogen-bond donors (Lipinski definition) is 2. The van der Waals surface area contributed by atoms with Crippen LogP contribution in [0.4, 0.5) is 0 Å². The normalized spacial score (nSPS) is 17.9. The Morgan fingerprint density at radius 2 is 1.44 bits per heavy atom. The first-order valence-corrected chi connectivity index (χ1v) is 12.4. The quantitative estimate of drug-likeness (QED) is 0.413. The molecule has 0 amide bonds. The highest BCUT2D eigenvalue weighted by molar-refractivity contribution is 6.00. The monoisotopic (exact) mass is 455 g/mol. The van der Waals surface area contributed by atoms with Crippen molar-refractivity contribution in [1.82, 2.24) is 4.90 Å². The van der Waals surface area contributed by atoms with Crippen molar-refractivity contribution in [2.24, 2.45) is 5.92 Å². The Morgan fingerprint density at radius 3 is 2.06 bits per heavy atom. The van der Waals surface area contributed by atoms with Crippen LogP contribution >= 0.6 is 0 Å².